The first-order valence-corrected chi connectivity index (χ1v) is 5.45. The van der Waals surface area contributed by atoms with E-state index in [-0.39, 0.29) is 18.2 Å². The molecule has 0 aliphatic rings. The summed E-state index contributed by atoms with van der Waals surface area (Å²) in [5, 5.41) is 20.0. The van der Waals surface area contributed by atoms with Gasteiger partial charge in [0.25, 0.3) is 0 Å². The number of hydrogen-bond donors (Lipinski definition) is 1. The van der Waals surface area contributed by atoms with Crippen molar-refractivity contribution in [2.45, 2.75) is 31.4 Å². The van der Waals surface area contributed by atoms with Crippen LogP contribution < -0.4 is 0 Å². The summed E-state index contributed by atoms with van der Waals surface area (Å²) in [6.45, 7) is 0.873. The summed E-state index contributed by atoms with van der Waals surface area (Å²) < 4.78 is 75.5. The molecule has 0 aromatic heterocycles. The van der Waals surface area contributed by atoms with Crippen LogP contribution in [-0.2, 0) is 12.4 Å². The Morgan fingerprint density at radius 1 is 1.05 bits per heavy atom. The Kier molecular flexibility index (Phi) is 4.51. The molecule has 1 rings (SSSR count). The van der Waals surface area contributed by atoms with Gasteiger partial charge in [-0.25, -0.2) is 0 Å². The van der Waals surface area contributed by atoms with Crippen LogP contribution in [0.3, 0.4) is 0 Å². The van der Waals surface area contributed by atoms with Crippen LogP contribution in [0.1, 0.15) is 29.7 Å². The molecular weight excluding hydrogens is 308 g/mol. The number of benzene rings is 1. The highest BCUT2D eigenvalue weighted by molar-refractivity contribution is 5.35. The lowest BCUT2D eigenvalue weighted by molar-refractivity contribution is -0.531. The van der Waals surface area contributed by atoms with Gasteiger partial charge in [0, 0.05) is 11.8 Å². The van der Waals surface area contributed by atoms with E-state index >= 15 is 0 Å². The first-order valence-electron chi connectivity index (χ1n) is 5.45. The second kappa shape index (κ2) is 5.51. The van der Waals surface area contributed by atoms with Crippen molar-refractivity contribution >= 4 is 0 Å². The monoisotopic (exact) mass is 317 g/mol. The molecule has 1 aromatic rings. The van der Waals surface area contributed by atoms with Crippen molar-refractivity contribution in [3.63, 3.8) is 0 Å². The van der Waals surface area contributed by atoms with Crippen LogP contribution in [0.15, 0.2) is 18.2 Å². The van der Waals surface area contributed by atoms with Gasteiger partial charge in [0.15, 0.2) is 0 Å². The highest BCUT2D eigenvalue weighted by Crippen LogP contribution is 2.37. The van der Waals surface area contributed by atoms with Crippen LogP contribution in [0.5, 0.6) is 0 Å². The fourth-order valence-corrected chi connectivity index (χ4v) is 1.54. The lowest BCUT2D eigenvalue weighted by atomic mass is 9.98. The number of aliphatic hydroxyl groups excluding tert-OH is 1. The molecule has 21 heavy (non-hydrogen) atoms. The molecule has 118 valence electrons. The quantitative estimate of drug-likeness (QED) is 0.528. The number of halogens is 6. The summed E-state index contributed by atoms with van der Waals surface area (Å²) in [5.41, 5.74) is -4.09. The maximum absolute atomic E-state index is 12.6. The molecule has 0 amide bonds. The summed E-state index contributed by atoms with van der Waals surface area (Å²) in [4.78, 5) is 9.48. The summed E-state index contributed by atoms with van der Waals surface area (Å²) in [6, 6.07) is -1.35. The average molecular weight is 317 g/mol. The largest absolute Gasteiger partial charge is 0.416 e. The smallest absolute Gasteiger partial charge is 0.381 e. The minimum atomic E-state index is -5.08. The standard InChI is InChI=1S/C11H9F6NO3/c1-5(18(20)21)9(19)6-2-7(10(12,13)14)4-8(3-6)11(15,16)17/h2-5,9,19H,1H3/t5-,9+/m1/s1. The van der Waals surface area contributed by atoms with Gasteiger partial charge in [0.1, 0.15) is 6.10 Å². The van der Waals surface area contributed by atoms with Crippen molar-refractivity contribution in [1.29, 1.82) is 0 Å². The molecule has 0 bridgehead atoms. The van der Waals surface area contributed by atoms with Gasteiger partial charge in [-0.1, -0.05) is 0 Å². The molecule has 0 radical (unpaired) electrons. The Morgan fingerprint density at radius 3 is 1.71 bits per heavy atom. The van der Waals surface area contributed by atoms with Crippen molar-refractivity contribution in [2.24, 2.45) is 0 Å². The summed E-state index contributed by atoms with van der Waals surface area (Å²) >= 11 is 0. The third kappa shape index (κ3) is 4.06. The van der Waals surface area contributed by atoms with Crippen LogP contribution in [-0.4, -0.2) is 16.1 Å². The van der Waals surface area contributed by atoms with Gasteiger partial charge < -0.3 is 5.11 Å². The highest BCUT2D eigenvalue weighted by atomic mass is 19.4. The Balaban J connectivity index is 3.42. The molecule has 0 saturated carbocycles. The minimum Gasteiger partial charge on any atom is -0.381 e. The summed E-state index contributed by atoms with van der Waals surface area (Å²) in [5.74, 6) is 0. The Bertz CT molecular complexity index is 507. The fourth-order valence-electron chi connectivity index (χ4n) is 1.54. The zero-order valence-corrected chi connectivity index (χ0v) is 10.4. The van der Waals surface area contributed by atoms with E-state index in [2.05, 4.69) is 0 Å². The second-order valence-corrected chi connectivity index (χ2v) is 4.31. The van der Waals surface area contributed by atoms with Crippen LogP contribution in [0.4, 0.5) is 26.3 Å². The Labute approximate surface area is 114 Å². The number of hydrogen-bond acceptors (Lipinski definition) is 3. The van der Waals surface area contributed by atoms with Crippen LogP contribution in [0, 0.1) is 10.1 Å². The molecule has 0 unspecified atom stereocenters. The maximum Gasteiger partial charge on any atom is 0.416 e. The maximum atomic E-state index is 12.6. The molecule has 0 spiro atoms. The summed E-state index contributed by atoms with van der Waals surface area (Å²) in [7, 11) is 0. The lowest BCUT2D eigenvalue weighted by Gasteiger charge is -2.17. The second-order valence-electron chi connectivity index (χ2n) is 4.31. The van der Waals surface area contributed by atoms with E-state index in [0.29, 0.717) is 0 Å². The van der Waals surface area contributed by atoms with Gasteiger partial charge in [-0.05, 0) is 23.8 Å². The molecule has 0 fully saturated rings. The van der Waals surface area contributed by atoms with Crippen LogP contribution in [0.2, 0.25) is 0 Å². The van der Waals surface area contributed by atoms with E-state index in [1.165, 1.54) is 0 Å². The SMILES string of the molecule is C[C@H]([C@H](O)c1cc(C(F)(F)F)cc(C(F)(F)F)c1)[N+](=O)[O-]. The first-order chi connectivity index (χ1) is 9.34. The molecule has 0 aliphatic carbocycles. The van der Waals surface area contributed by atoms with Gasteiger partial charge in [-0.2, -0.15) is 26.3 Å². The van der Waals surface area contributed by atoms with Crippen molar-refractivity contribution in [1.82, 2.24) is 0 Å². The molecular formula is C11H9F6NO3. The van der Waals surface area contributed by atoms with Crippen molar-refractivity contribution < 1.29 is 36.4 Å². The van der Waals surface area contributed by atoms with Gasteiger partial charge in [0.2, 0.25) is 6.04 Å². The first kappa shape index (κ1) is 17.2. The lowest BCUT2D eigenvalue weighted by Crippen LogP contribution is -2.25. The average Bonchev–Trinajstić information content (AvgIpc) is 2.34. The minimum absolute atomic E-state index is 0.118. The Morgan fingerprint density at radius 2 is 1.43 bits per heavy atom. The van der Waals surface area contributed by atoms with Crippen molar-refractivity contribution in [2.75, 3.05) is 0 Å². The molecule has 4 nitrogen and oxygen atoms in total. The number of nitro groups is 1. The zero-order chi connectivity index (χ0) is 16.6. The molecule has 0 heterocycles. The summed E-state index contributed by atoms with van der Waals surface area (Å²) in [6.07, 6.45) is -12.2. The predicted octanol–water partition coefficient (Wildman–Crippen LogP) is 3.42. The number of aliphatic hydroxyl groups is 1. The van der Waals surface area contributed by atoms with Gasteiger partial charge in [-0.15, -0.1) is 0 Å². The highest BCUT2D eigenvalue weighted by Gasteiger charge is 2.38. The molecule has 10 heteroatoms. The number of alkyl halides is 6. The van der Waals surface area contributed by atoms with Gasteiger partial charge >= 0.3 is 12.4 Å². The fraction of sp³-hybridized carbons (Fsp3) is 0.455. The van der Waals surface area contributed by atoms with Gasteiger partial charge in [-0.3, -0.25) is 10.1 Å². The Hall–Kier alpha value is -1.84. The van der Waals surface area contributed by atoms with E-state index in [9.17, 15) is 41.6 Å². The molecule has 1 N–H and O–H groups in total. The van der Waals surface area contributed by atoms with Crippen molar-refractivity contribution in [3.05, 3.63) is 45.0 Å². The normalized spacial score (nSPS) is 15.6. The van der Waals surface area contributed by atoms with E-state index in [1.807, 2.05) is 0 Å². The number of rotatable bonds is 3. The van der Waals surface area contributed by atoms with Crippen LogP contribution in [0.25, 0.3) is 0 Å². The topological polar surface area (TPSA) is 63.4 Å². The molecule has 2 atom stereocenters. The third-order valence-electron chi connectivity index (χ3n) is 2.74. The van der Waals surface area contributed by atoms with E-state index < -0.39 is 46.1 Å². The molecule has 0 aliphatic heterocycles. The van der Waals surface area contributed by atoms with E-state index in [0.717, 1.165) is 6.92 Å². The third-order valence-corrected chi connectivity index (χ3v) is 2.74. The predicted molar refractivity (Wildman–Crippen MR) is 57.9 cm³/mol. The van der Waals surface area contributed by atoms with Crippen LogP contribution >= 0.6 is 0 Å². The molecule has 0 saturated heterocycles. The number of nitrogens with zero attached hydrogens (tertiary/aromatic N) is 1. The van der Waals surface area contributed by atoms with Crippen molar-refractivity contribution in [3.8, 4) is 0 Å². The van der Waals surface area contributed by atoms with Gasteiger partial charge in [0.05, 0.1) is 11.1 Å². The zero-order valence-electron chi connectivity index (χ0n) is 10.4. The molecule has 1 aromatic carbocycles. The van der Waals surface area contributed by atoms with E-state index in [1.54, 1.807) is 0 Å². The van der Waals surface area contributed by atoms with E-state index in [4.69, 9.17) is 0 Å².